The molecule has 7 heteroatoms. The van der Waals surface area contributed by atoms with Gasteiger partial charge in [-0.15, -0.1) is 0 Å². The molecular formula is C12H17N5OS. The Labute approximate surface area is 115 Å². The number of nitrogens with one attached hydrogen (secondary N) is 2. The molecule has 2 unspecified atom stereocenters. The highest BCUT2D eigenvalue weighted by molar-refractivity contribution is 8.00. The molecule has 1 fully saturated rings. The van der Waals surface area contributed by atoms with Crippen molar-refractivity contribution in [3.8, 4) is 0 Å². The summed E-state index contributed by atoms with van der Waals surface area (Å²) in [7, 11) is 0. The van der Waals surface area contributed by atoms with Crippen molar-refractivity contribution in [2.75, 3.05) is 17.6 Å². The van der Waals surface area contributed by atoms with Crippen molar-refractivity contribution in [3.05, 3.63) is 12.5 Å². The molecule has 0 aliphatic heterocycles. The minimum atomic E-state index is -0.623. The Morgan fingerprint density at radius 3 is 3.21 bits per heavy atom. The maximum atomic E-state index is 10.5. The number of aromatic nitrogens is 4. The van der Waals surface area contributed by atoms with E-state index in [-0.39, 0.29) is 0 Å². The summed E-state index contributed by atoms with van der Waals surface area (Å²) in [4.78, 5) is 8.30. The fraction of sp³-hybridized carbons (Fsp3) is 0.583. The van der Waals surface area contributed by atoms with Gasteiger partial charge in [0.1, 0.15) is 12.1 Å². The highest BCUT2D eigenvalue weighted by Crippen LogP contribution is 2.41. The maximum absolute atomic E-state index is 10.5. The van der Waals surface area contributed by atoms with Crippen LogP contribution in [-0.4, -0.2) is 48.4 Å². The zero-order valence-corrected chi connectivity index (χ0v) is 11.6. The lowest BCUT2D eigenvalue weighted by molar-refractivity contribution is -0.0120. The fourth-order valence-corrected chi connectivity index (χ4v) is 3.58. The molecule has 0 saturated heterocycles. The van der Waals surface area contributed by atoms with Crippen molar-refractivity contribution in [3.63, 3.8) is 0 Å². The summed E-state index contributed by atoms with van der Waals surface area (Å²) in [5, 5.41) is 21.7. The number of H-pyrrole nitrogens is 1. The van der Waals surface area contributed by atoms with Gasteiger partial charge in [-0.1, -0.05) is 6.92 Å². The largest absolute Gasteiger partial charge is 0.387 e. The number of aromatic amines is 1. The van der Waals surface area contributed by atoms with Crippen LogP contribution >= 0.6 is 11.8 Å². The number of thioether (sulfide) groups is 1. The van der Waals surface area contributed by atoms with Crippen LogP contribution in [0.1, 0.15) is 19.8 Å². The molecule has 1 aliphatic rings. The summed E-state index contributed by atoms with van der Waals surface area (Å²) in [6.45, 7) is 2.64. The highest BCUT2D eigenvalue weighted by Gasteiger charge is 2.45. The highest BCUT2D eigenvalue weighted by atomic mass is 32.2. The molecule has 0 bridgehead atoms. The van der Waals surface area contributed by atoms with Crippen molar-refractivity contribution in [2.24, 2.45) is 0 Å². The zero-order chi connectivity index (χ0) is 13.3. The minimum Gasteiger partial charge on any atom is -0.387 e. The van der Waals surface area contributed by atoms with E-state index in [0.717, 1.165) is 29.8 Å². The van der Waals surface area contributed by atoms with Gasteiger partial charge in [-0.25, -0.2) is 9.97 Å². The molecule has 19 heavy (non-hydrogen) atoms. The number of nitrogens with zero attached hydrogens (tertiary/aromatic N) is 3. The van der Waals surface area contributed by atoms with Gasteiger partial charge < -0.3 is 10.4 Å². The number of aliphatic hydroxyl groups is 1. The maximum Gasteiger partial charge on any atom is 0.160 e. The van der Waals surface area contributed by atoms with E-state index >= 15 is 0 Å². The number of rotatable bonds is 5. The van der Waals surface area contributed by atoms with Gasteiger partial charge in [-0.2, -0.15) is 16.9 Å². The molecule has 0 radical (unpaired) electrons. The first-order valence-corrected chi connectivity index (χ1v) is 7.50. The molecule has 3 N–H and O–H groups in total. The second-order valence-electron chi connectivity index (χ2n) is 4.79. The number of hydrogen-bond donors (Lipinski definition) is 3. The van der Waals surface area contributed by atoms with E-state index < -0.39 is 5.60 Å². The van der Waals surface area contributed by atoms with Crippen LogP contribution < -0.4 is 5.32 Å². The Hall–Kier alpha value is -1.34. The second-order valence-corrected chi connectivity index (χ2v) is 6.27. The lowest BCUT2D eigenvalue weighted by Crippen LogP contribution is -2.54. The summed E-state index contributed by atoms with van der Waals surface area (Å²) in [5.74, 6) is 1.76. The molecule has 3 rings (SSSR count). The van der Waals surface area contributed by atoms with Crippen molar-refractivity contribution < 1.29 is 5.11 Å². The molecule has 2 heterocycles. The minimum absolute atomic E-state index is 0.326. The quantitative estimate of drug-likeness (QED) is 0.767. The van der Waals surface area contributed by atoms with Crippen molar-refractivity contribution in [1.29, 1.82) is 0 Å². The Bertz CT molecular complexity index is 574. The van der Waals surface area contributed by atoms with Crippen LogP contribution in [0.4, 0.5) is 5.82 Å². The first-order valence-electron chi connectivity index (χ1n) is 6.45. The van der Waals surface area contributed by atoms with E-state index in [1.165, 1.54) is 6.33 Å². The molecule has 0 aromatic carbocycles. The number of hydrogen-bond acceptors (Lipinski definition) is 6. The molecule has 102 valence electrons. The first-order chi connectivity index (χ1) is 9.23. The van der Waals surface area contributed by atoms with Crippen LogP contribution in [0.5, 0.6) is 0 Å². The smallest absolute Gasteiger partial charge is 0.160 e. The predicted molar refractivity (Wildman–Crippen MR) is 76.3 cm³/mol. The van der Waals surface area contributed by atoms with Crippen LogP contribution in [0.3, 0.4) is 0 Å². The summed E-state index contributed by atoms with van der Waals surface area (Å²) >= 11 is 1.82. The SMILES string of the molecule is CCSC1CCC1(O)CNc1ncnc2[nH]ncc12. The Morgan fingerprint density at radius 2 is 2.47 bits per heavy atom. The third kappa shape index (κ3) is 2.28. The Morgan fingerprint density at radius 1 is 1.58 bits per heavy atom. The Balaban J connectivity index is 1.71. The molecule has 2 atom stereocenters. The summed E-state index contributed by atoms with van der Waals surface area (Å²) < 4.78 is 0. The molecule has 1 saturated carbocycles. The van der Waals surface area contributed by atoms with Gasteiger partial charge in [0.2, 0.25) is 0 Å². The van der Waals surface area contributed by atoms with Crippen LogP contribution in [0.2, 0.25) is 0 Å². The molecule has 2 aromatic rings. The molecular weight excluding hydrogens is 262 g/mol. The monoisotopic (exact) mass is 279 g/mol. The van der Waals surface area contributed by atoms with E-state index in [2.05, 4.69) is 32.4 Å². The van der Waals surface area contributed by atoms with Crippen LogP contribution in [0.25, 0.3) is 11.0 Å². The third-order valence-electron chi connectivity index (χ3n) is 3.62. The first kappa shape index (κ1) is 12.7. The summed E-state index contributed by atoms with van der Waals surface area (Å²) in [6, 6.07) is 0. The molecule has 6 nitrogen and oxygen atoms in total. The summed E-state index contributed by atoms with van der Waals surface area (Å²) in [5.41, 5.74) is 0.0828. The topological polar surface area (TPSA) is 86.7 Å². The predicted octanol–water partition coefficient (Wildman–Crippen LogP) is 1.41. The second kappa shape index (κ2) is 4.97. The average Bonchev–Trinajstić information content (AvgIpc) is 2.89. The van der Waals surface area contributed by atoms with E-state index in [9.17, 15) is 5.11 Å². The lowest BCUT2D eigenvalue weighted by Gasteiger charge is -2.45. The summed E-state index contributed by atoms with van der Waals surface area (Å²) in [6.07, 6.45) is 5.12. The van der Waals surface area contributed by atoms with Gasteiger partial charge in [0.25, 0.3) is 0 Å². The van der Waals surface area contributed by atoms with Crippen LogP contribution in [0.15, 0.2) is 12.5 Å². The van der Waals surface area contributed by atoms with E-state index in [1.807, 2.05) is 11.8 Å². The number of anilines is 1. The van der Waals surface area contributed by atoms with E-state index in [0.29, 0.717) is 17.4 Å². The van der Waals surface area contributed by atoms with Crippen molar-refractivity contribution >= 4 is 28.6 Å². The zero-order valence-electron chi connectivity index (χ0n) is 10.8. The normalized spacial score (nSPS) is 26.3. The van der Waals surface area contributed by atoms with Gasteiger partial charge >= 0.3 is 0 Å². The van der Waals surface area contributed by atoms with Gasteiger partial charge in [-0.3, -0.25) is 5.10 Å². The van der Waals surface area contributed by atoms with Gasteiger partial charge in [0, 0.05) is 11.8 Å². The third-order valence-corrected chi connectivity index (χ3v) is 5.03. The molecule has 1 aliphatic carbocycles. The molecule has 0 spiro atoms. The van der Waals surface area contributed by atoms with Crippen LogP contribution in [-0.2, 0) is 0 Å². The lowest BCUT2D eigenvalue weighted by atomic mass is 9.79. The van der Waals surface area contributed by atoms with Crippen molar-refractivity contribution in [2.45, 2.75) is 30.6 Å². The fourth-order valence-electron chi connectivity index (χ4n) is 2.38. The average molecular weight is 279 g/mol. The molecule has 2 aromatic heterocycles. The van der Waals surface area contributed by atoms with E-state index in [4.69, 9.17) is 0 Å². The Kier molecular flexibility index (Phi) is 3.32. The van der Waals surface area contributed by atoms with Gasteiger partial charge in [0.05, 0.1) is 17.2 Å². The van der Waals surface area contributed by atoms with Crippen LogP contribution in [0, 0.1) is 0 Å². The van der Waals surface area contributed by atoms with Gasteiger partial charge in [0.15, 0.2) is 5.65 Å². The van der Waals surface area contributed by atoms with E-state index in [1.54, 1.807) is 6.20 Å². The van der Waals surface area contributed by atoms with Gasteiger partial charge in [-0.05, 0) is 18.6 Å². The number of fused-ring (bicyclic) bond motifs is 1. The van der Waals surface area contributed by atoms with Crippen molar-refractivity contribution in [1.82, 2.24) is 20.2 Å². The molecule has 0 amide bonds. The standard InChI is InChI=1S/C12H17N5OS/c1-2-19-9-3-4-12(9,18)6-13-10-8-5-16-17-11(8)15-7-14-10/h5,7,9,18H,2-4,6H2,1H3,(H2,13,14,15,16,17).